The van der Waals surface area contributed by atoms with E-state index in [1.54, 1.807) is 7.11 Å². The summed E-state index contributed by atoms with van der Waals surface area (Å²) in [6, 6.07) is 6.08. The quantitative estimate of drug-likeness (QED) is 0.463. The number of ether oxygens (including phenoxy) is 2. The summed E-state index contributed by atoms with van der Waals surface area (Å²) in [4.78, 5) is 23.3. The van der Waals surface area contributed by atoms with Gasteiger partial charge < -0.3 is 29.5 Å². The predicted octanol–water partition coefficient (Wildman–Crippen LogP) is 2.68. The van der Waals surface area contributed by atoms with Crippen molar-refractivity contribution in [3.05, 3.63) is 29.8 Å². The number of hydrogen-bond acceptors (Lipinski definition) is 6. The average Bonchev–Trinajstić information content (AvgIpc) is 2.75. The van der Waals surface area contributed by atoms with Gasteiger partial charge in [-0.1, -0.05) is 25.1 Å². The number of allylic oxidation sites excluding steroid dienone is 1. The van der Waals surface area contributed by atoms with E-state index in [2.05, 4.69) is 28.9 Å². The van der Waals surface area contributed by atoms with Gasteiger partial charge in [0.2, 0.25) is 0 Å². The second-order valence-electron chi connectivity index (χ2n) is 6.85. The molecule has 0 bridgehead atoms. The third-order valence-corrected chi connectivity index (χ3v) is 4.77. The van der Waals surface area contributed by atoms with Gasteiger partial charge in [0.25, 0.3) is 0 Å². The summed E-state index contributed by atoms with van der Waals surface area (Å²) in [5, 5.41) is 14.8. The summed E-state index contributed by atoms with van der Waals surface area (Å²) in [7, 11) is 1.69. The largest absolute Gasteiger partial charge is 0.493 e. The molecule has 0 radical (unpaired) electrons. The molecule has 0 aliphatic carbocycles. The minimum atomic E-state index is -1.82. The highest BCUT2D eigenvalue weighted by molar-refractivity contribution is 6.27. The Hall–Kier alpha value is -2.58. The normalized spacial score (nSPS) is 14.8. The summed E-state index contributed by atoms with van der Waals surface area (Å²) in [5.74, 6) is -2.01. The zero-order valence-corrected chi connectivity index (χ0v) is 18.2. The first-order valence-corrected chi connectivity index (χ1v) is 10.3. The van der Waals surface area contributed by atoms with Crippen LogP contribution in [0.15, 0.2) is 24.3 Å². The fourth-order valence-corrected chi connectivity index (χ4v) is 3.05. The molecular formula is C22H34N2O6. The van der Waals surface area contributed by atoms with Gasteiger partial charge in [-0.2, -0.15) is 0 Å². The Balaban J connectivity index is 0.000000656. The van der Waals surface area contributed by atoms with E-state index in [1.807, 2.05) is 25.1 Å². The molecule has 1 aromatic rings. The molecule has 1 aliphatic rings. The number of likely N-dealkylation sites (N-methyl/N-ethyl adjacent to an activating group) is 1. The smallest absolute Gasteiger partial charge is 0.414 e. The molecule has 30 heavy (non-hydrogen) atoms. The summed E-state index contributed by atoms with van der Waals surface area (Å²) >= 11 is 0. The van der Waals surface area contributed by atoms with Crippen LogP contribution in [0.4, 0.5) is 0 Å². The Bertz CT molecular complexity index is 672. The van der Waals surface area contributed by atoms with Gasteiger partial charge in [0.05, 0.1) is 13.7 Å². The number of unbranched alkanes of at least 4 members (excludes halogenated alkanes) is 1. The highest BCUT2D eigenvalue weighted by atomic mass is 16.5. The third-order valence-electron chi connectivity index (χ3n) is 4.77. The molecule has 8 nitrogen and oxygen atoms in total. The molecule has 2 N–H and O–H groups in total. The summed E-state index contributed by atoms with van der Waals surface area (Å²) in [5.41, 5.74) is 1.13. The minimum absolute atomic E-state index is 0.744. The van der Waals surface area contributed by atoms with Gasteiger partial charge in [-0.3, -0.25) is 0 Å². The zero-order chi connectivity index (χ0) is 22.4. The van der Waals surface area contributed by atoms with Gasteiger partial charge in [-0.15, -0.1) is 0 Å². The van der Waals surface area contributed by atoms with E-state index >= 15 is 0 Å². The van der Waals surface area contributed by atoms with Crippen molar-refractivity contribution in [2.24, 2.45) is 0 Å². The topological polar surface area (TPSA) is 99.5 Å². The Morgan fingerprint density at radius 3 is 2.20 bits per heavy atom. The SMILES string of the molecule is C/C=C/c1ccc(OCCCCN2CCN(CC)CC2)c(OC)c1.O=C(O)C(=O)O. The van der Waals surface area contributed by atoms with Crippen LogP contribution in [0.3, 0.4) is 0 Å². The Morgan fingerprint density at radius 1 is 1.03 bits per heavy atom. The number of rotatable bonds is 9. The molecule has 1 aromatic carbocycles. The average molecular weight is 423 g/mol. The van der Waals surface area contributed by atoms with Crippen molar-refractivity contribution in [3.63, 3.8) is 0 Å². The van der Waals surface area contributed by atoms with Crippen molar-refractivity contribution in [1.82, 2.24) is 9.80 Å². The van der Waals surface area contributed by atoms with Gasteiger partial charge in [0.15, 0.2) is 11.5 Å². The van der Waals surface area contributed by atoms with E-state index < -0.39 is 11.9 Å². The number of nitrogens with zero attached hydrogens (tertiary/aromatic N) is 2. The van der Waals surface area contributed by atoms with E-state index in [0.717, 1.165) is 30.1 Å². The van der Waals surface area contributed by atoms with Crippen molar-refractivity contribution >= 4 is 18.0 Å². The molecule has 2 rings (SSSR count). The van der Waals surface area contributed by atoms with Crippen LogP contribution >= 0.6 is 0 Å². The number of carboxylic acids is 2. The molecular weight excluding hydrogens is 388 g/mol. The number of hydrogen-bond donors (Lipinski definition) is 2. The van der Waals surface area contributed by atoms with Crippen LogP contribution in [0.2, 0.25) is 0 Å². The summed E-state index contributed by atoms with van der Waals surface area (Å²) < 4.78 is 11.3. The van der Waals surface area contributed by atoms with Crippen LogP contribution in [-0.4, -0.2) is 84.9 Å². The van der Waals surface area contributed by atoms with E-state index in [4.69, 9.17) is 29.3 Å². The summed E-state index contributed by atoms with van der Waals surface area (Å²) in [6.45, 7) is 12.2. The molecule has 0 atom stereocenters. The Morgan fingerprint density at radius 2 is 1.67 bits per heavy atom. The van der Waals surface area contributed by atoms with Crippen LogP contribution in [0.25, 0.3) is 6.08 Å². The zero-order valence-electron chi connectivity index (χ0n) is 18.2. The van der Waals surface area contributed by atoms with Crippen molar-refractivity contribution in [2.75, 3.05) is 53.0 Å². The van der Waals surface area contributed by atoms with E-state index in [9.17, 15) is 0 Å². The molecule has 0 amide bonds. The summed E-state index contributed by atoms with van der Waals surface area (Å²) in [6.07, 6.45) is 6.35. The number of carbonyl (C=O) groups is 2. The van der Waals surface area contributed by atoms with E-state index in [1.165, 1.54) is 45.7 Å². The third kappa shape index (κ3) is 9.76. The lowest BCUT2D eigenvalue weighted by atomic mass is 10.2. The molecule has 0 unspecified atom stereocenters. The minimum Gasteiger partial charge on any atom is -0.493 e. The molecule has 168 valence electrons. The first kappa shape index (κ1) is 25.5. The molecule has 0 saturated carbocycles. The van der Waals surface area contributed by atoms with Crippen molar-refractivity contribution in [3.8, 4) is 11.5 Å². The first-order chi connectivity index (χ1) is 14.4. The fourth-order valence-electron chi connectivity index (χ4n) is 3.05. The highest BCUT2D eigenvalue weighted by Crippen LogP contribution is 2.28. The molecule has 1 heterocycles. The standard InChI is InChI=1S/C20H32N2O2.C2H2O4/c1-4-8-18-9-10-19(20(17-18)23-3)24-16-7-6-11-22-14-12-21(5-2)13-15-22;3-1(4)2(5)6/h4,8-10,17H,5-7,11-16H2,1-3H3;(H,3,4)(H,5,6)/b8-4+;. The van der Waals surface area contributed by atoms with Gasteiger partial charge in [0.1, 0.15) is 0 Å². The van der Waals surface area contributed by atoms with Crippen LogP contribution < -0.4 is 9.47 Å². The first-order valence-electron chi connectivity index (χ1n) is 10.3. The lowest BCUT2D eigenvalue weighted by Gasteiger charge is -2.33. The van der Waals surface area contributed by atoms with E-state index in [0.29, 0.717) is 0 Å². The molecule has 1 aliphatic heterocycles. The maximum absolute atomic E-state index is 9.10. The van der Waals surface area contributed by atoms with Crippen LogP contribution in [-0.2, 0) is 9.59 Å². The van der Waals surface area contributed by atoms with E-state index in [-0.39, 0.29) is 0 Å². The van der Waals surface area contributed by atoms with Gasteiger partial charge in [-0.05, 0) is 50.6 Å². The number of carboxylic acid groups (broad SMARTS) is 2. The van der Waals surface area contributed by atoms with Crippen LogP contribution in [0, 0.1) is 0 Å². The van der Waals surface area contributed by atoms with Crippen LogP contribution in [0.1, 0.15) is 32.3 Å². The second kappa shape index (κ2) is 14.4. The predicted molar refractivity (Wildman–Crippen MR) is 116 cm³/mol. The van der Waals surface area contributed by atoms with Crippen molar-refractivity contribution in [2.45, 2.75) is 26.7 Å². The maximum Gasteiger partial charge on any atom is 0.414 e. The molecule has 0 aromatic heterocycles. The van der Waals surface area contributed by atoms with Crippen molar-refractivity contribution < 1.29 is 29.3 Å². The number of benzene rings is 1. The number of methoxy groups -OCH3 is 1. The van der Waals surface area contributed by atoms with Crippen LogP contribution in [0.5, 0.6) is 11.5 Å². The van der Waals surface area contributed by atoms with Gasteiger partial charge >= 0.3 is 11.9 Å². The highest BCUT2D eigenvalue weighted by Gasteiger charge is 2.14. The molecule has 1 fully saturated rings. The lowest BCUT2D eigenvalue weighted by Crippen LogP contribution is -2.46. The molecule has 1 saturated heterocycles. The second-order valence-corrected chi connectivity index (χ2v) is 6.85. The maximum atomic E-state index is 9.10. The fraction of sp³-hybridized carbons (Fsp3) is 0.545. The number of aliphatic carboxylic acids is 2. The number of piperazine rings is 1. The molecule has 0 spiro atoms. The van der Waals surface area contributed by atoms with Crippen molar-refractivity contribution in [1.29, 1.82) is 0 Å². The van der Waals surface area contributed by atoms with Gasteiger partial charge in [0, 0.05) is 26.2 Å². The Kier molecular flexibility index (Phi) is 12.2. The molecule has 8 heteroatoms. The van der Waals surface area contributed by atoms with Gasteiger partial charge in [-0.25, -0.2) is 9.59 Å². The monoisotopic (exact) mass is 422 g/mol. The lowest BCUT2D eigenvalue weighted by molar-refractivity contribution is -0.159. The Labute approximate surface area is 178 Å².